The summed E-state index contributed by atoms with van der Waals surface area (Å²) in [7, 11) is 1.65. The van der Waals surface area contributed by atoms with Crippen molar-refractivity contribution in [2.24, 2.45) is 0 Å². The van der Waals surface area contributed by atoms with Crippen molar-refractivity contribution in [2.45, 2.75) is 32.2 Å². The average Bonchev–Trinajstić information content (AvgIpc) is 2.96. The minimum absolute atomic E-state index is 0.0480. The van der Waals surface area contributed by atoms with Crippen LogP contribution in [0.3, 0.4) is 0 Å². The van der Waals surface area contributed by atoms with Crippen LogP contribution in [0.5, 0.6) is 0 Å². The largest absolute Gasteiger partial charge is 0.380 e. The van der Waals surface area contributed by atoms with Crippen LogP contribution in [-0.2, 0) is 21.9 Å². The van der Waals surface area contributed by atoms with E-state index < -0.39 is 0 Å². The van der Waals surface area contributed by atoms with E-state index in [2.05, 4.69) is 20.8 Å². The number of aromatic nitrogens is 4. The summed E-state index contributed by atoms with van der Waals surface area (Å²) >= 11 is 1.48. The third kappa shape index (κ3) is 5.33. The molecule has 0 saturated carbocycles. The fourth-order valence-corrected chi connectivity index (χ4v) is 2.78. The first kappa shape index (κ1) is 17.4. The number of carbonyl (C=O) groups is 1. The van der Waals surface area contributed by atoms with Gasteiger partial charge in [-0.25, -0.2) is 4.68 Å². The molecular weight excluding hydrogens is 314 g/mol. The lowest BCUT2D eigenvalue weighted by Crippen LogP contribution is -2.15. The van der Waals surface area contributed by atoms with Gasteiger partial charge in [-0.15, -0.1) is 16.9 Å². The van der Waals surface area contributed by atoms with E-state index in [1.165, 1.54) is 11.8 Å². The highest BCUT2D eigenvalue weighted by Crippen LogP contribution is 2.15. The molecule has 0 spiro atoms. The number of amides is 1. The van der Waals surface area contributed by atoms with Crippen molar-refractivity contribution >= 4 is 23.4 Å². The monoisotopic (exact) mass is 335 g/mol. The first-order chi connectivity index (χ1) is 11.1. The first-order valence-electron chi connectivity index (χ1n) is 7.32. The zero-order chi connectivity index (χ0) is 16.7. The number of benzene rings is 1. The van der Waals surface area contributed by atoms with Crippen LogP contribution in [0, 0.1) is 0 Å². The number of methoxy groups -OCH3 is 1. The maximum Gasteiger partial charge on any atom is 0.234 e. The molecule has 0 saturated heterocycles. The zero-order valence-electron chi connectivity index (χ0n) is 13.5. The lowest BCUT2D eigenvalue weighted by atomic mass is 10.2. The molecule has 2 rings (SSSR count). The molecule has 124 valence electrons. The SMILES string of the molecule is COCc1cccc(NC(=O)CSCc2nnnn2C(C)C)c1. The normalized spacial score (nSPS) is 11.0. The summed E-state index contributed by atoms with van der Waals surface area (Å²) in [5.74, 6) is 1.68. The summed E-state index contributed by atoms with van der Waals surface area (Å²) in [6, 6.07) is 7.83. The van der Waals surface area contributed by atoms with E-state index in [4.69, 9.17) is 4.74 Å². The standard InChI is InChI=1S/C15H21N5O2S/c1-11(2)20-14(17-18-19-20)9-23-10-15(21)16-13-6-4-5-12(7-13)8-22-3/h4-7,11H,8-10H2,1-3H3,(H,16,21). The van der Waals surface area contributed by atoms with Crippen LogP contribution < -0.4 is 5.32 Å². The number of anilines is 1. The molecule has 2 aromatic rings. The van der Waals surface area contributed by atoms with Crippen LogP contribution in [-0.4, -0.2) is 39.0 Å². The fourth-order valence-electron chi connectivity index (χ4n) is 2.05. The number of hydrogen-bond acceptors (Lipinski definition) is 6. The Kier molecular flexibility index (Phi) is 6.54. The summed E-state index contributed by atoms with van der Waals surface area (Å²) < 4.78 is 6.85. The number of tetrazole rings is 1. The zero-order valence-corrected chi connectivity index (χ0v) is 14.3. The highest BCUT2D eigenvalue weighted by molar-refractivity contribution is 7.99. The van der Waals surface area contributed by atoms with Gasteiger partial charge in [-0.3, -0.25) is 4.79 Å². The van der Waals surface area contributed by atoms with Crippen molar-refractivity contribution in [2.75, 3.05) is 18.2 Å². The van der Waals surface area contributed by atoms with Gasteiger partial charge in [0.2, 0.25) is 5.91 Å². The van der Waals surface area contributed by atoms with Crippen molar-refractivity contribution in [3.05, 3.63) is 35.7 Å². The van der Waals surface area contributed by atoms with E-state index in [9.17, 15) is 4.79 Å². The summed E-state index contributed by atoms with van der Waals surface area (Å²) in [5.41, 5.74) is 1.80. The molecule has 0 fully saturated rings. The van der Waals surface area contributed by atoms with Gasteiger partial charge in [0, 0.05) is 12.8 Å². The first-order valence-corrected chi connectivity index (χ1v) is 8.48. The topological polar surface area (TPSA) is 81.9 Å². The number of ether oxygens (including phenoxy) is 1. The molecule has 0 aliphatic rings. The van der Waals surface area contributed by atoms with Crippen molar-refractivity contribution in [1.82, 2.24) is 20.2 Å². The van der Waals surface area contributed by atoms with Crippen molar-refractivity contribution in [3.8, 4) is 0 Å². The highest BCUT2D eigenvalue weighted by Gasteiger charge is 2.10. The molecule has 0 aliphatic heterocycles. The second kappa shape index (κ2) is 8.64. The lowest BCUT2D eigenvalue weighted by molar-refractivity contribution is -0.113. The number of rotatable bonds is 8. The highest BCUT2D eigenvalue weighted by atomic mass is 32.2. The molecule has 0 bridgehead atoms. The molecular formula is C15H21N5O2S. The van der Waals surface area contributed by atoms with Gasteiger partial charge in [0.15, 0.2) is 5.82 Å². The smallest absolute Gasteiger partial charge is 0.234 e. The molecule has 1 heterocycles. The summed E-state index contributed by atoms with van der Waals surface area (Å²) in [6.45, 7) is 4.56. The van der Waals surface area contributed by atoms with Gasteiger partial charge in [0.25, 0.3) is 0 Å². The summed E-state index contributed by atoms with van der Waals surface area (Å²) in [5, 5.41) is 14.5. The molecule has 1 amide bonds. The predicted molar refractivity (Wildman–Crippen MR) is 90.1 cm³/mol. The number of carbonyl (C=O) groups excluding carboxylic acids is 1. The summed E-state index contributed by atoms with van der Waals surface area (Å²) in [6.07, 6.45) is 0. The molecule has 0 aliphatic carbocycles. The van der Waals surface area contributed by atoms with Gasteiger partial charge in [0.1, 0.15) is 0 Å². The van der Waals surface area contributed by atoms with Gasteiger partial charge < -0.3 is 10.1 Å². The van der Waals surface area contributed by atoms with Crippen molar-refractivity contribution < 1.29 is 9.53 Å². The molecule has 23 heavy (non-hydrogen) atoms. The molecule has 0 radical (unpaired) electrons. The van der Waals surface area contributed by atoms with Gasteiger partial charge in [-0.2, -0.15) is 0 Å². The van der Waals surface area contributed by atoms with Crippen molar-refractivity contribution in [1.29, 1.82) is 0 Å². The Balaban J connectivity index is 1.81. The van der Waals surface area contributed by atoms with Gasteiger partial charge in [-0.1, -0.05) is 12.1 Å². The van der Waals surface area contributed by atoms with Crippen LogP contribution in [0.25, 0.3) is 0 Å². The van der Waals surface area contributed by atoms with Crippen LogP contribution in [0.1, 0.15) is 31.3 Å². The van der Waals surface area contributed by atoms with Crippen molar-refractivity contribution in [3.63, 3.8) is 0 Å². The number of nitrogens with zero attached hydrogens (tertiary/aromatic N) is 4. The van der Waals surface area contributed by atoms with E-state index in [0.717, 1.165) is 17.1 Å². The third-order valence-electron chi connectivity index (χ3n) is 3.04. The molecule has 7 nitrogen and oxygen atoms in total. The Morgan fingerprint density at radius 3 is 3.00 bits per heavy atom. The summed E-state index contributed by atoms with van der Waals surface area (Å²) in [4.78, 5) is 12.0. The Bertz CT molecular complexity index is 644. The number of thioether (sulfide) groups is 1. The maximum absolute atomic E-state index is 12.0. The quantitative estimate of drug-likeness (QED) is 0.797. The minimum atomic E-state index is -0.0480. The van der Waals surface area contributed by atoms with E-state index in [-0.39, 0.29) is 11.9 Å². The molecule has 0 atom stereocenters. The Labute approximate surface area is 139 Å². The Morgan fingerprint density at radius 2 is 2.26 bits per heavy atom. The van der Waals surface area contributed by atoms with E-state index >= 15 is 0 Å². The third-order valence-corrected chi connectivity index (χ3v) is 3.96. The Morgan fingerprint density at radius 1 is 1.43 bits per heavy atom. The van der Waals surface area contributed by atoms with Crippen LogP contribution in [0.2, 0.25) is 0 Å². The lowest BCUT2D eigenvalue weighted by Gasteiger charge is -2.08. The van der Waals surface area contributed by atoms with Crippen LogP contribution in [0.15, 0.2) is 24.3 Å². The van der Waals surface area contributed by atoms with Gasteiger partial charge >= 0.3 is 0 Å². The molecule has 8 heteroatoms. The molecule has 0 unspecified atom stereocenters. The van der Waals surface area contributed by atoms with E-state index in [0.29, 0.717) is 18.1 Å². The van der Waals surface area contributed by atoms with Crippen LogP contribution >= 0.6 is 11.8 Å². The van der Waals surface area contributed by atoms with Crippen LogP contribution in [0.4, 0.5) is 5.69 Å². The number of nitrogens with one attached hydrogen (secondary N) is 1. The average molecular weight is 335 g/mol. The predicted octanol–water partition coefficient (Wildman–Crippen LogP) is 2.27. The minimum Gasteiger partial charge on any atom is -0.380 e. The van der Waals surface area contributed by atoms with E-state index in [1.54, 1.807) is 11.8 Å². The molecule has 1 N–H and O–H groups in total. The number of hydrogen-bond donors (Lipinski definition) is 1. The molecule has 1 aromatic carbocycles. The Hall–Kier alpha value is -1.93. The van der Waals surface area contributed by atoms with E-state index in [1.807, 2.05) is 38.1 Å². The fraction of sp³-hybridized carbons (Fsp3) is 0.467. The second-order valence-corrected chi connectivity index (χ2v) is 6.29. The molecule has 1 aromatic heterocycles. The maximum atomic E-state index is 12.0. The van der Waals surface area contributed by atoms with Gasteiger partial charge in [0.05, 0.1) is 24.2 Å². The second-order valence-electron chi connectivity index (χ2n) is 5.31. The van der Waals surface area contributed by atoms with Gasteiger partial charge in [-0.05, 0) is 42.0 Å².